The van der Waals surface area contributed by atoms with Crippen molar-refractivity contribution < 1.29 is 9.53 Å². The first-order valence-electron chi connectivity index (χ1n) is 7.95. The first kappa shape index (κ1) is 19.6. The summed E-state index contributed by atoms with van der Waals surface area (Å²) in [5.74, 6) is 0.734. The second-order valence-corrected chi connectivity index (χ2v) is 8.33. The number of methoxy groups -OCH3 is 1. The number of thioether (sulfide) groups is 1. The van der Waals surface area contributed by atoms with E-state index < -0.39 is 0 Å². The lowest BCUT2D eigenvalue weighted by atomic mass is 10.2. The maximum Gasteiger partial charge on any atom is 0.250 e. The molecule has 8 heteroatoms. The van der Waals surface area contributed by atoms with Crippen LogP contribution in [0.1, 0.15) is 5.56 Å². The van der Waals surface area contributed by atoms with Crippen LogP contribution in [0.4, 0.5) is 0 Å². The number of ether oxygens (including phenoxy) is 1. The minimum Gasteiger partial charge on any atom is -0.496 e. The van der Waals surface area contributed by atoms with E-state index in [0.29, 0.717) is 5.75 Å². The highest BCUT2D eigenvalue weighted by Crippen LogP contribution is 2.28. The predicted octanol–water partition coefficient (Wildman–Crippen LogP) is 4.82. The van der Waals surface area contributed by atoms with Crippen LogP contribution in [0.5, 0.6) is 5.75 Å². The van der Waals surface area contributed by atoms with E-state index in [-0.39, 0.29) is 11.7 Å². The number of thiazole rings is 1. The minimum absolute atomic E-state index is 0.193. The molecule has 0 unspecified atom stereocenters. The molecule has 1 N–H and O–H groups in total. The molecule has 5 nitrogen and oxygen atoms in total. The zero-order valence-electron chi connectivity index (χ0n) is 14.4. The molecule has 0 radical (unpaired) electrons. The van der Waals surface area contributed by atoms with E-state index in [2.05, 4.69) is 31.4 Å². The van der Waals surface area contributed by atoms with Gasteiger partial charge >= 0.3 is 0 Å². The normalized spacial score (nSPS) is 10.9. The summed E-state index contributed by atoms with van der Waals surface area (Å²) in [6, 6.07) is 15.5. The SMILES string of the molecule is COc1ccc(Br)cc1/C=N/NC(=O)CSc1nc(-c2ccccc2)cs1. The molecule has 1 heterocycles. The van der Waals surface area contributed by atoms with Gasteiger partial charge in [-0.1, -0.05) is 58.0 Å². The number of carbonyl (C=O) groups excluding carboxylic acids is 1. The highest BCUT2D eigenvalue weighted by atomic mass is 79.9. The van der Waals surface area contributed by atoms with Crippen molar-refractivity contribution >= 4 is 51.2 Å². The van der Waals surface area contributed by atoms with Crippen molar-refractivity contribution in [1.82, 2.24) is 10.4 Å². The van der Waals surface area contributed by atoms with Crippen molar-refractivity contribution in [3.63, 3.8) is 0 Å². The van der Waals surface area contributed by atoms with E-state index in [1.54, 1.807) is 13.3 Å². The average Bonchev–Trinajstić information content (AvgIpc) is 3.16. The van der Waals surface area contributed by atoms with Gasteiger partial charge in [-0.2, -0.15) is 5.10 Å². The molecule has 0 aliphatic heterocycles. The van der Waals surface area contributed by atoms with Gasteiger partial charge in [0.15, 0.2) is 4.34 Å². The zero-order valence-corrected chi connectivity index (χ0v) is 17.6. The van der Waals surface area contributed by atoms with Gasteiger partial charge in [-0.05, 0) is 18.2 Å². The summed E-state index contributed by atoms with van der Waals surface area (Å²) in [6.45, 7) is 0. The smallest absolute Gasteiger partial charge is 0.250 e. The van der Waals surface area contributed by atoms with Crippen LogP contribution in [0.15, 0.2) is 67.8 Å². The minimum atomic E-state index is -0.193. The Bertz CT molecular complexity index is 945. The number of hydrogen-bond acceptors (Lipinski definition) is 6. The van der Waals surface area contributed by atoms with Crippen LogP contribution in [-0.4, -0.2) is 30.0 Å². The number of rotatable bonds is 7. The average molecular weight is 462 g/mol. The van der Waals surface area contributed by atoms with Crippen LogP contribution in [0.25, 0.3) is 11.3 Å². The number of nitrogens with zero attached hydrogens (tertiary/aromatic N) is 2. The molecule has 0 atom stereocenters. The summed E-state index contributed by atoms with van der Waals surface area (Å²) >= 11 is 6.32. The van der Waals surface area contributed by atoms with Crippen LogP contribution in [0, 0.1) is 0 Å². The summed E-state index contributed by atoms with van der Waals surface area (Å²) < 4.78 is 7.02. The van der Waals surface area contributed by atoms with Gasteiger partial charge in [0.2, 0.25) is 0 Å². The van der Waals surface area contributed by atoms with E-state index in [0.717, 1.165) is 25.6 Å². The Morgan fingerprint density at radius 2 is 2.15 bits per heavy atom. The van der Waals surface area contributed by atoms with E-state index in [9.17, 15) is 4.79 Å². The molecule has 0 aliphatic rings. The summed E-state index contributed by atoms with van der Waals surface area (Å²) in [5, 5.41) is 5.99. The summed E-state index contributed by atoms with van der Waals surface area (Å²) in [7, 11) is 1.59. The Morgan fingerprint density at radius 1 is 1.33 bits per heavy atom. The van der Waals surface area contributed by atoms with Gasteiger partial charge in [0, 0.05) is 21.0 Å². The lowest BCUT2D eigenvalue weighted by molar-refractivity contribution is -0.118. The third kappa shape index (κ3) is 5.66. The number of benzene rings is 2. The monoisotopic (exact) mass is 461 g/mol. The molecule has 1 amide bonds. The summed E-state index contributed by atoms with van der Waals surface area (Å²) in [5.41, 5.74) is 5.28. The number of carbonyl (C=O) groups is 1. The number of halogens is 1. The van der Waals surface area contributed by atoms with Crippen LogP contribution >= 0.6 is 39.0 Å². The van der Waals surface area contributed by atoms with Gasteiger partial charge in [0.05, 0.1) is 24.8 Å². The molecule has 0 spiro atoms. The second kappa shape index (κ2) is 9.68. The molecule has 0 fully saturated rings. The maximum atomic E-state index is 12.0. The van der Waals surface area contributed by atoms with Crippen molar-refractivity contribution in [2.75, 3.05) is 12.9 Å². The molecule has 0 aliphatic carbocycles. The Morgan fingerprint density at radius 3 is 2.93 bits per heavy atom. The Labute approximate surface area is 174 Å². The molecule has 2 aromatic carbocycles. The number of hydrazone groups is 1. The highest BCUT2D eigenvalue weighted by molar-refractivity contribution is 9.10. The predicted molar refractivity (Wildman–Crippen MR) is 115 cm³/mol. The van der Waals surface area contributed by atoms with E-state index in [1.807, 2.05) is 53.9 Å². The second-order valence-electron chi connectivity index (χ2n) is 5.33. The van der Waals surface area contributed by atoms with Gasteiger partial charge < -0.3 is 4.74 Å². The molecule has 27 heavy (non-hydrogen) atoms. The van der Waals surface area contributed by atoms with Crippen LogP contribution in [-0.2, 0) is 4.79 Å². The van der Waals surface area contributed by atoms with Gasteiger partial charge in [-0.3, -0.25) is 4.79 Å². The maximum absolute atomic E-state index is 12.0. The van der Waals surface area contributed by atoms with Crippen LogP contribution < -0.4 is 10.2 Å². The molecule has 0 saturated carbocycles. The molecule has 3 rings (SSSR count). The number of amides is 1. The van der Waals surface area contributed by atoms with Gasteiger partial charge in [0.25, 0.3) is 5.91 Å². The van der Waals surface area contributed by atoms with Gasteiger partial charge in [0.1, 0.15) is 5.75 Å². The Balaban J connectivity index is 1.52. The standard InChI is InChI=1S/C19H16BrN3O2S2/c1-25-17-8-7-15(20)9-14(17)10-21-23-18(24)12-27-19-22-16(11-26-19)13-5-3-2-4-6-13/h2-11H,12H2,1H3,(H,23,24)/b21-10+. The highest BCUT2D eigenvalue weighted by Gasteiger charge is 2.08. The first-order valence-corrected chi connectivity index (χ1v) is 10.6. The van der Waals surface area contributed by atoms with Gasteiger partial charge in [-0.15, -0.1) is 11.3 Å². The third-order valence-electron chi connectivity index (χ3n) is 3.46. The van der Waals surface area contributed by atoms with E-state index in [1.165, 1.54) is 23.1 Å². The fraction of sp³-hybridized carbons (Fsp3) is 0.105. The summed E-state index contributed by atoms with van der Waals surface area (Å²) in [6.07, 6.45) is 1.56. The van der Waals surface area contributed by atoms with Crippen molar-refractivity contribution in [2.24, 2.45) is 5.10 Å². The van der Waals surface area contributed by atoms with Crippen molar-refractivity contribution in [2.45, 2.75) is 4.34 Å². The Hall–Kier alpha value is -2.16. The lowest BCUT2D eigenvalue weighted by Crippen LogP contribution is -2.19. The topological polar surface area (TPSA) is 63.6 Å². The van der Waals surface area contributed by atoms with Crippen molar-refractivity contribution in [1.29, 1.82) is 0 Å². The largest absolute Gasteiger partial charge is 0.496 e. The third-order valence-corrected chi connectivity index (χ3v) is 5.98. The molecule has 1 aromatic heterocycles. The molecule has 0 bridgehead atoms. The quantitative estimate of drug-likeness (QED) is 0.311. The Kier molecular flexibility index (Phi) is 7.03. The fourth-order valence-corrected chi connectivity index (χ4v) is 4.21. The van der Waals surface area contributed by atoms with Crippen molar-refractivity contribution in [3.05, 3.63) is 63.9 Å². The lowest BCUT2D eigenvalue weighted by Gasteiger charge is -2.04. The van der Waals surface area contributed by atoms with Crippen LogP contribution in [0.3, 0.4) is 0 Å². The molecular weight excluding hydrogens is 446 g/mol. The zero-order chi connectivity index (χ0) is 19.1. The fourth-order valence-electron chi connectivity index (χ4n) is 2.20. The summed E-state index contributed by atoms with van der Waals surface area (Å²) in [4.78, 5) is 16.5. The molecular formula is C19H16BrN3O2S2. The molecule has 0 saturated heterocycles. The number of nitrogens with one attached hydrogen (secondary N) is 1. The molecule has 138 valence electrons. The van der Waals surface area contributed by atoms with Crippen LogP contribution in [0.2, 0.25) is 0 Å². The molecule has 3 aromatic rings. The number of aromatic nitrogens is 1. The first-order chi connectivity index (χ1) is 13.2. The van der Waals surface area contributed by atoms with E-state index >= 15 is 0 Å². The van der Waals surface area contributed by atoms with Crippen molar-refractivity contribution in [3.8, 4) is 17.0 Å². The number of hydrogen-bond donors (Lipinski definition) is 1. The van der Waals surface area contributed by atoms with Gasteiger partial charge in [-0.25, -0.2) is 10.4 Å². The van der Waals surface area contributed by atoms with E-state index in [4.69, 9.17) is 4.74 Å².